The number of nitrogens with zero attached hydrogens (tertiary/aromatic N) is 4. The number of carbonyl (C=O) groups excluding carboxylic acids is 1. The van der Waals surface area contributed by atoms with Crippen molar-refractivity contribution in [2.45, 2.75) is 45.1 Å². The van der Waals surface area contributed by atoms with Crippen LogP contribution in [0.15, 0.2) is 29.2 Å². The fraction of sp³-hybridized carbons (Fsp3) is 0.500. The number of anilines is 1. The van der Waals surface area contributed by atoms with Gasteiger partial charge in [-0.15, -0.1) is 0 Å². The predicted octanol–water partition coefficient (Wildman–Crippen LogP) is 1.53. The van der Waals surface area contributed by atoms with Gasteiger partial charge in [-0.05, 0) is 62.1 Å². The van der Waals surface area contributed by atoms with Crippen molar-refractivity contribution in [3.8, 4) is 0 Å². The Kier molecular flexibility index (Phi) is 4.92. The molecule has 0 atom stereocenters. The first-order chi connectivity index (χ1) is 13.1. The lowest BCUT2D eigenvalue weighted by Gasteiger charge is -2.33. The van der Waals surface area contributed by atoms with Gasteiger partial charge in [0.15, 0.2) is 0 Å². The van der Waals surface area contributed by atoms with Crippen molar-refractivity contribution in [2.24, 2.45) is 11.7 Å². The molecule has 7 nitrogen and oxygen atoms in total. The maximum absolute atomic E-state index is 12.4. The van der Waals surface area contributed by atoms with Gasteiger partial charge in [0.05, 0.1) is 5.69 Å². The number of hydrogen-bond donors (Lipinski definition) is 1. The average molecular weight is 367 g/mol. The number of aromatic nitrogens is 3. The topological polar surface area (TPSA) is 94.1 Å². The summed E-state index contributed by atoms with van der Waals surface area (Å²) in [5.74, 6) is -0.0740. The minimum absolute atomic E-state index is 0.0262. The van der Waals surface area contributed by atoms with Crippen LogP contribution >= 0.6 is 0 Å². The van der Waals surface area contributed by atoms with Gasteiger partial charge in [0, 0.05) is 37.6 Å². The summed E-state index contributed by atoms with van der Waals surface area (Å²) in [6.07, 6.45) is 7.88. The second-order valence-electron chi connectivity index (χ2n) is 7.54. The molecule has 4 rings (SSSR count). The smallest absolute Gasteiger partial charge is 0.267 e. The van der Waals surface area contributed by atoms with Crippen LogP contribution in [0.5, 0.6) is 0 Å². The summed E-state index contributed by atoms with van der Waals surface area (Å²) in [6.45, 7) is 2.45. The molecule has 3 heterocycles. The first-order valence-corrected chi connectivity index (χ1v) is 9.71. The molecule has 27 heavy (non-hydrogen) atoms. The monoisotopic (exact) mass is 367 g/mol. The normalized spacial score (nSPS) is 17.6. The van der Waals surface area contributed by atoms with E-state index in [0.717, 1.165) is 68.6 Å². The minimum atomic E-state index is -0.510. The third kappa shape index (κ3) is 3.86. The summed E-state index contributed by atoms with van der Waals surface area (Å²) in [6, 6.07) is 5.44. The van der Waals surface area contributed by atoms with Crippen molar-refractivity contribution in [2.75, 3.05) is 18.0 Å². The van der Waals surface area contributed by atoms with E-state index in [4.69, 9.17) is 5.73 Å². The zero-order chi connectivity index (χ0) is 18.8. The van der Waals surface area contributed by atoms with Gasteiger partial charge < -0.3 is 10.6 Å². The predicted molar refractivity (Wildman–Crippen MR) is 103 cm³/mol. The standard InChI is InChI=1S/C20H25N5O2/c21-20(27)18-12-16(5-8-22-18)24-9-6-14(7-10-24)13-25-19(26)11-15-3-1-2-4-17(15)23-25/h5,8,11-12,14H,1-4,6-7,9-10,13H2,(H2,21,27). The Hall–Kier alpha value is -2.70. The summed E-state index contributed by atoms with van der Waals surface area (Å²) < 4.78 is 1.67. The highest BCUT2D eigenvalue weighted by atomic mass is 16.1. The molecule has 1 fully saturated rings. The molecule has 1 saturated heterocycles. The quantitative estimate of drug-likeness (QED) is 0.884. The van der Waals surface area contributed by atoms with E-state index in [0.29, 0.717) is 18.2 Å². The second-order valence-corrected chi connectivity index (χ2v) is 7.54. The van der Waals surface area contributed by atoms with E-state index in [-0.39, 0.29) is 5.56 Å². The van der Waals surface area contributed by atoms with Gasteiger partial charge in [-0.25, -0.2) is 4.68 Å². The van der Waals surface area contributed by atoms with Crippen molar-refractivity contribution in [1.29, 1.82) is 0 Å². The number of fused-ring (bicyclic) bond motifs is 1. The Balaban J connectivity index is 1.41. The van der Waals surface area contributed by atoms with Crippen molar-refractivity contribution in [1.82, 2.24) is 14.8 Å². The number of amides is 1. The number of carbonyl (C=O) groups is 1. The van der Waals surface area contributed by atoms with E-state index >= 15 is 0 Å². The number of aryl methyl sites for hydroxylation is 2. The first kappa shape index (κ1) is 17.7. The van der Waals surface area contributed by atoms with E-state index in [2.05, 4.69) is 15.0 Å². The van der Waals surface area contributed by atoms with Crippen molar-refractivity contribution in [3.05, 3.63) is 51.7 Å². The lowest BCUT2D eigenvalue weighted by atomic mass is 9.95. The number of nitrogens with two attached hydrogens (primary N) is 1. The van der Waals surface area contributed by atoms with Crippen molar-refractivity contribution >= 4 is 11.6 Å². The van der Waals surface area contributed by atoms with Gasteiger partial charge in [-0.2, -0.15) is 5.10 Å². The Bertz CT molecular complexity index is 899. The molecule has 1 aliphatic carbocycles. The molecule has 142 valence electrons. The maximum atomic E-state index is 12.4. The van der Waals surface area contributed by atoms with Crippen LogP contribution in [0.3, 0.4) is 0 Å². The Morgan fingerprint density at radius 1 is 1.19 bits per heavy atom. The summed E-state index contributed by atoms with van der Waals surface area (Å²) >= 11 is 0. The van der Waals surface area contributed by atoms with E-state index < -0.39 is 5.91 Å². The van der Waals surface area contributed by atoms with Crippen molar-refractivity contribution < 1.29 is 4.79 Å². The number of piperidine rings is 1. The molecule has 0 aromatic carbocycles. The van der Waals surface area contributed by atoms with Gasteiger partial charge in [-0.3, -0.25) is 14.6 Å². The highest BCUT2D eigenvalue weighted by molar-refractivity contribution is 5.91. The van der Waals surface area contributed by atoms with E-state index in [9.17, 15) is 9.59 Å². The van der Waals surface area contributed by atoms with Gasteiger partial charge in [0.1, 0.15) is 5.69 Å². The van der Waals surface area contributed by atoms with E-state index in [1.807, 2.05) is 6.07 Å². The molecule has 2 N–H and O–H groups in total. The molecule has 1 aliphatic heterocycles. The SMILES string of the molecule is NC(=O)c1cc(N2CCC(Cn3nc4c(cc3=O)CCCC4)CC2)ccn1. The van der Waals surface area contributed by atoms with Gasteiger partial charge in [-0.1, -0.05) is 0 Å². The summed E-state index contributed by atoms with van der Waals surface area (Å²) in [4.78, 5) is 30.0. The third-order valence-corrected chi connectivity index (χ3v) is 5.68. The lowest BCUT2D eigenvalue weighted by molar-refractivity contribution is 0.0995. The maximum Gasteiger partial charge on any atom is 0.267 e. The van der Waals surface area contributed by atoms with Gasteiger partial charge in [0.25, 0.3) is 11.5 Å². The van der Waals surface area contributed by atoms with E-state index in [1.165, 1.54) is 0 Å². The van der Waals surface area contributed by atoms with Crippen LogP contribution in [0.2, 0.25) is 0 Å². The lowest BCUT2D eigenvalue weighted by Crippen LogP contribution is -2.37. The van der Waals surface area contributed by atoms with Gasteiger partial charge >= 0.3 is 0 Å². The zero-order valence-corrected chi connectivity index (χ0v) is 15.4. The van der Waals surface area contributed by atoms with E-state index in [1.54, 1.807) is 23.0 Å². The Morgan fingerprint density at radius 2 is 1.96 bits per heavy atom. The van der Waals surface area contributed by atoms with Crippen LogP contribution in [-0.2, 0) is 19.4 Å². The number of rotatable bonds is 4. The van der Waals surface area contributed by atoms with Crippen LogP contribution in [0.1, 0.15) is 47.4 Å². The number of pyridine rings is 1. The molecule has 0 saturated carbocycles. The largest absolute Gasteiger partial charge is 0.371 e. The summed E-state index contributed by atoms with van der Waals surface area (Å²) in [7, 11) is 0. The average Bonchev–Trinajstić information content (AvgIpc) is 2.69. The van der Waals surface area contributed by atoms with Crippen LogP contribution < -0.4 is 16.2 Å². The molecular weight excluding hydrogens is 342 g/mol. The Labute approximate surface area is 158 Å². The number of primary amides is 1. The van der Waals surface area contributed by atoms with Crippen LogP contribution in [0, 0.1) is 5.92 Å². The fourth-order valence-corrected chi connectivity index (χ4v) is 4.10. The molecule has 0 spiro atoms. The van der Waals surface area contributed by atoms with Crippen LogP contribution in [0.25, 0.3) is 0 Å². The molecule has 2 aliphatic rings. The molecule has 7 heteroatoms. The first-order valence-electron chi connectivity index (χ1n) is 9.71. The van der Waals surface area contributed by atoms with Gasteiger partial charge in [0.2, 0.25) is 0 Å². The summed E-state index contributed by atoms with van der Waals surface area (Å²) in [5, 5.41) is 4.65. The molecule has 2 aromatic heterocycles. The second kappa shape index (κ2) is 7.50. The molecule has 0 unspecified atom stereocenters. The molecule has 2 aromatic rings. The highest BCUT2D eigenvalue weighted by Crippen LogP contribution is 2.24. The van der Waals surface area contributed by atoms with Crippen molar-refractivity contribution in [3.63, 3.8) is 0 Å². The molecule has 0 radical (unpaired) electrons. The minimum Gasteiger partial charge on any atom is -0.371 e. The number of hydrogen-bond acceptors (Lipinski definition) is 5. The third-order valence-electron chi connectivity index (χ3n) is 5.68. The molecule has 1 amide bonds. The fourth-order valence-electron chi connectivity index (χ4n) is 4.10. The molecule has 0 bridgehead atoms. The summed E-state index contributed by atoms with van der Waals surface area (Å²) in [5.41, 5.74) is 8.86. The zero-order valence-electron chi connectivity index (χ0n) is 15.4. The Morgan fingerprint density at radius 3 is 2.74 bits per heavy atom. The molecular formula is C20H25N5O2. The van der Waals surface area contributed by atoms with Crippen LogP contribution in [0.4, 0.5) is 5.69 Å². The highest BCUT2D eigenvalue weighted by Gasteiger charge is 2.22. The van der Waals surface area contributed by atoms with Crippen LogP contribution in [-0.4, -0.2) is 33.8 Å².